The molecule has 22 heavy (non-hydrogen) atoms. The molecule has 1 amide bonds. The van der Waals surface area contributed by atoms with Crippen molar-refractivity contribution in [3.05, 3.63) is 35.4 Å². The number of piperidine rings is 1. The van der Waals surface area contributed by atoms with Crippen LogP contribution >= 0.6 is 0 Å². The first-order valence-electron chi connectivity index (χ1n) is 8.52. The van der Waals surface area contributed by atoms with Crippen LogP contribution in [0.4, 0.5) is 0 Å². The smallest absolute Gasteiger partial charge is 0.220 e. The van der Waals surface area contributed by atoms with Crippen LogP contribution in [0.1, 0.15) is 50.7 Å². The normalized spacial score (nSPS) is 16.5. The van der Waals surface area contributed by atoms with Crippen molar-refractivity contribution in [2.75, 3.05) is 19.6 Å². The average molecular weight is 302 g/mol. The SMILES string of the molecule is Cc1ccc(C(C)(C)CNC(=O)CCC2CCNCC2)cc1. The Balaban J connectivity index is 1.75. The van der Waals surface area contributed by atoms with Gasteiger partial charge in [-0.1, -0.05) is 43.7 Å². The number of hydrogen-bond donors (Lipinski definition) is 2. The van der Waals surface area contributed by atoms with Crippen LogP contribution in [0.2, 0.25) is 0 Å². The van der Waals surface area contributed by atoms with Gasteiger partial charge in [0.15, 0.2) is 0 Å². The highest BCUT2D eigenvalue weighted by Gasteiger charge is 2.21. The summed E-state index contributed by atoms with van der Waals surface area (Å²) in [5, 5.41) is 6.49. The quantitative estimate of drug-likeness (QED) is 0.847. The third kappa shape index (κ3) is 5.13. The Kier molecular flexibility index (Phi) is 6.01. The average Bonchev–Trinajstić information content (AvgIpc) is 2.52. The number of carbonyl (C=O) groups is 1. The summed E-state index contributed by atoms with van der Waals surface area (Å²) in [6.07, 6.45) is 4.11. The molecule has 1 heterocycles. The van der Waals surface area contributed by atoms with E-state index >= 15 is 0 Å². The number of nitrogens with one attached hydrogen (secondary N) is 2. The molecular formula is C19H30N2O. The number of aryl methyl sites for hydroxylation is 1. The van der Waals surface area contributed by atoms with E-state index < -0.39 is 0 Å². The Morgan fingerprint density at radius 2 is 1.86 bits per heavy atom. The summed E-state index contributed by atoms with van der Waals surface area (Å²) in [5.41, 5.74) is 2.51. The van der Waals surface area contributed by atoms with Crippen LogP contribution in [0.3, 0.4) is 0 Å². The Morgan fingerprint density at radius 1 is 1.23 bits per heavy atom. The highest BCUT2D eigenvalue weighted by atomic mass is 16.1. The Hall–Kier alpha value is -1.35. The van der Waals surface area contributed by atoms with Crippen molar-refractivity contribution in [2.45, 2.75) is 51.9 Å². The lowest BCUT2D eigenvalue weighted by molar-refractivity contribution is -0.121. The van der Waals surface area contributed by atoms with Gasteiger partial charge in [-0.3, -0.25) is 4.79 Å². The monoisotopic (exact) mass is 302 g/mol. The molecule has 0 aliphatic carbocycles. The maximum Gasteiger partial charge on any atom is 0.220 e. The van der Waals surface area contributed by atoms with Gasteiger partial charge in [0.05, 0.1) is 0 Å². The Bertz CT molecular complexity index is 473. The van der Waals surface area contributed by atoms with E-state index in [1.807, 2.05) is 0 Å². The van der Waals surface area contributed by atoms with E-state index in [-0.39, 0.29) is 11.3 Å². The predicted octanol–water partition coefficient (Wildman–Crippen LogP) is 3.17. The van der Waals surface area contributed by atoms with Crippen molar-refractivity contribution in [2.24, 2.45) is 5.92 Å². The highest BCUT2D eigenvalue weighted by molar-refractivity contribution is 5.76. The molecule has 2 rings (SSSR count). The zero-order valence-corrected chi connectivity index (χ0v) is 14.2. The minimum atomic E-state index is -0.0296. The summed E-state index contributed by atoms with van der Waals surface area (Å²) < 4.78 is 0. The molecule has 0 radical (unpaired) electrons. The van der Waals surface area contributed by atoms with Crippen LogP contribution in [0.15, 0.2) is 24.3 Å². The molecule has 3 nitrogen and oxygen atoms in total. The zero-order valence-electron chi connectivity index (χ0n) is 14.2. The van der Waals surface area contributed by atoms with Crippen molar-refractivity contribution < 1.29 is 4.79 Å². The molecule has 1 aliphatic rings. The molecule has 1 aromatic carbocycles. The molecule has 1 fully saturated rings. The minimum absolute atomic E-state index is 0.0296. The van der Waals surface area contributed by atoms with Crippen molar-refractivity contribution in [3.63, 3.8) is 0 Å². The van der Waals surface area contributed by atoms with Gasteiger partial charge in [0, 0.05) is 18.4 Å². The highest BCUT2D eigenvalue weighted by Crippen LogP contribution is 2.23. The topological polar surface area (TPSA) is 41.1 Å². The van der Waals surface area contributed by atoms with Crippen molar-refractivity contribution in [1.82, 2.24) is 10.6 Å². The third-order valence-electron chi connectivity index (χ3n) is 4.80. The van der Waals surface area contributed by atoms with E-state index in [0.29, 0.717) is 13.0 Å². The van der Waals surface area contributed by atoms with E-state index in [4.69, 9.17) is 0 Å². The lowest BCUT2D eigenvalue weighted by Gasteiger charge is -2.26. The second kappa shape index (κ2) is 7.77. The molecule has 1 saturated heterocycles. The van der Waals surface area contributed by atoms with Gasteiger partial charge in [0.1, 0.15) is 0 Å². The van der Waals surface area contributed by atoms with Crippen molar-refractivity contribution >= 4 is 5.91 Å². The largest absolute Gasteiger partial charge is 0.355 e. The number of hydrogen-bond acceptors (Lipinski definition) is 2. The molecule has 1 aliphatic heterocycles. The van der Waals surface area contributed by atoms with E-state index in [2.05, 4.69) is 55.7 Å². The van der Waals surface area contributed by atoms with Gasteiger partial charge in [-0.2, -0.15) is 0 Å². The fourth-order valence-corrected chi connectivity index (χ4v) is 3.02. The third-order valence-corrected chi connectivity index (χ3v) is 4.80. The first kappa shape index (κ1) is 17.0. The van der Waals surface area contributed by atoms with Gasteiger partial charge in [-0.25, -0.2) is 0 Å². The number of benzene rings is 1. The second-order valence-corrected chi connectivity index (χ2v) is 7.26. The predicted molar refractivity (Wildman–Crippen MR) is 92.0 cm³/mol. The first-order valence-corrected chi connectivity index (χ1v) is 8.52. The van der Waals surface area contributed by atoms with E-state index in [0.717, 1.165) is 25.4 Å². The van der Waals surface area contributed by atoms with Gasteiger partial charge in [-0.05, 0) is 50.8 Å². The number of carbonyl (C=O) groups excluding carboxylic acids is 1. The van der Waals surface area contributed by atoms with Crippen LogP contribution < -0.4 is 10.6 Å². The fraction of sp³-hybridized carbons (Fsp3) is 0.632. The van der Waals surface area contributed by atoms with Crippen LogP contribution in [0.5, 0.6) is 0 Å². The van der Waals surface area contributed by atoms with Crippen LogP contribution in [0.25, 0.3) is 0 Å². The molecular weight excluding hydrogens is 272 g/mol. The van der Waals surface area contributed by atoms with Gasteiger partial charge in [-0.15, -0.1) is 0 Å². The summed E-state index contributed by atoms with van der Waals surface area (Å²) in [7, 11) is 0. The summed E-state index contributed by atoms with van der Waals surface area (Å²) in [6.45, 7) is 9.37. The maximum absolute atomic E-state index is 12.1. The number of amides is 1. The molecule has 122 valence electrons. The first-order chi connectivity index (χ1) is 10.5. The zero-order chi connectivity index (χ0) is 16.0. The molecule has 2 N–H and O–H groups in total. The van der Waals surface area contributed by atoms with Crippen LogP contribution in [0, 0.1) is 12.8 Å². The summed E-state index contributed by atoms with van der Waals surface area (Å²) in [5.74, 6) is 0.913. The number of rotatable bonds is 6. The second-order valence-electron chi connectivity index (χ2n) is 7.26. The minimum Gasteiger partial charge on any atom is -0.355 e. The molecule has 0 aromatic heterocycles. The van der Waals surface area contributed by atoms with E-state index in [1.165, 1.54) is 24.0 Å². The maximum atomic E-state index is 12.1. The summed E-state index contributed by atoms with van der Waals surface area (Å²) in [6, 6.07) is 8.60. The molecule has 1 aromatic rings. The molecule has 0 saturated carbocycles. The van der Waals surface area contributed by atoms with E-state index in [1.54, 1.807) is 0 Å². The van der Waals surface area contributed by atoms with Gasteiger partial charge in [0.2, 0.25) is 5.91 Å². The van der Waals surface area contributed by atoms with Crippen molar-refractivity contribution in [3.8, 4) is 0 Å². The van der Waals surface area contributed by atoms with Crippen LogP contribution in [-0.2, 0) is 10.2 Å². The summed E-state index contributed by atoms with van der Waals surface area (Å²) in [4.78, 5) is 12.1. The molecule has 0 unspecified atom stereocenters. The fourth-order valence-electron chi connectivity index (χ4n) is 3.02. The lowest BCUT2D eigenvalue weighted by Crippen LogP contribution is -2.37. The lowest BCUT2D eigenvalue weighted by atomic mass is 9.84. The molecule has 0 spiro atoms. The van der Waals surface area contributed by atoms with Crippen molar-refractivity contribution in [1.29, 1.82) is 0 Å². The Labute approximate surface area is 134 Å². The van der Waals surface area contributed by atoms with Crippen LogP contribution in [-0.4, -0.2) is 25.5 Å². The van der Waals surface area contributed by atoms with Gasteiger partial charge < -0.3 is 10.6 Å². The van der Waals surface area contributed by atoms with Gasteiger partial charge >= 0.3 is 0 Å². The van der Waals surface area contributed by atoms with E-state index in [9.17, 15) is 4.79 Å². The summed E-state index contributed by atoms with van der Waals surface area (Å²) >= 11 is 0. The standard InChI is InChI=1S/C19H30N2O/c1-15-4-7-17(8-5-15)19(2,3)14-21-18(22)9-6-16-10-12-20-13-11-16/h4-5,7-8,16,20H,6,9-14H2,1-3H3,(H,21,22). The Morgan fingerprint density at radius 3 is 2.50 bits per heavy atom. The van der Waals surface area contributed by atoms with Gasteiger partial charge in [0.25, 0.3) is 0 Å². The molecule has 3 heteroatoms. The molecule has 0 atom stereocenters. The molecule has 0 bridgehead atoms.